The van der Waals surface area contributed by atoms with Crippen molar-refractivity contribution in [2.45, 2.75) is 26.3 Å². The zero-order chi connectivity index (χ0) is 18.4. The normalized spacial score (nSPS) is 15.6. The van der Waals surface area contributed by atoms with Gasteiger partial charge in [0.25, 0.3) is 0 Å². The molecule has 2 heterocycles. The maximum Gasteiger partial charge on any atom is 0.238 e. The molecule has 7 heteroatoms. The third kappa shape index (κ3) is 5.42. The van der Waals surface area contributed by atoms with Crippen LogP contribution < -0.4 is 10.6 Å². The van der Waals surface area contributed by atoms with Crippen molar-refractivity contribution >= 4 is 23.2 Å². The Bertz CT molecular complexity index is 736. The van der Waals surface area contributed by atoms with Crippen molar-refractivity contribution in [1.82, 2.24) is 14.7 Å². The summed E-state index contributed by atoms with van der Waals surface area (Å²) in [6.07, 6.45) is 5.95. The van der Waals surface area contributed by atoms with Gasteiger partial charge in [0, 0.05) is 37.2 Å². The number of nitrogens with one attached hydrogen (secondary N) is 2. The fourth-order valence-electron chi connectivity index (χ4n) is 3.28. The molecule has 0 atom stereocenters. The molecule has 138 valence electrons. The van der Waals surface area contributed by atoms with Gasteiger partial charge >= 0.3 is 0 Å². The summed E-state index contributed by atoms with van der Waals surface area (Å²) in [6, 6.07) is 9.12. The number of nitrogens with zero attached hydrogens (tertiary/aromatic N) is 3. The third-order valence-electron chi connectivity index (χ3n) is 4.55. The monoisotopic (exact) mass is 355 g/mol. The summed E-state index contributed by atoms with van der Waals surface area (Å²) in [7, 11) is 0. The topological polar surface area (TPSA) is 79.3 Å². The molecule has 2 aromatic rings. The Morgan fingerprint density at radius 2 is 1.88 bits per heavy atom. The van der Waals surface area contributed by atoms with Gasteiger partial charge in [-0.1, -0.05) is 6.07 Å². The molecule has 0 bridgehead atoms. The first-order valence-corrected chi connectivity index (χ1v) is 8.96. The lowest BCUT2D eigenvalue weighted by Crippen LogP contribution is -2.40. The lowest BCUT2D eigenvalue weighted by Gasteiger charge is -2.31. The van der Waals surface area contributed by atoms with Crippen LogP contribution >= 0.6 is 0 Å². The number of aromatic nitrogens is 2. The Kier molecular flexibility index (Phi) is 6.01. The minimum absolute atomic E-state index is 0.0319. The van der Waals surface area contributed by atoms with Gasteiger partial charge in [0.1, 0.15) is 0 Å². The quantitative estimate of drug-likeness (QED) is 0.832. The molecule has 0 aliphatic carbocycles. The highest BCUT2D eigenvalue weighted by molar-refractivity contribution is 5.94. The van der Waals surface area contributed by atoms with Crippen molar-refractivity contribution in [2.75, 3.05) is 30.3 Å². The Morgan fingerprint density at radius 3 is 2.54 bits per heavy atom. The van der Waals surface area contributed by atoms with E-state index in [1.54, 1.807) is 18.3 Å². The highest BCUT2D eigenvalue weighted by Gasteiger charge is 2.21. The second kappa shape index (κ2) is 8.62. The third-order valence-corrected chi connectivity index (χ3v) is 4.55. The lowest BCUT2D eigenvalue weighted by molar-refractivity contribution is -0.117. The second-order valence-electron chi connectivity index (χ2n) is 6.76. The Labute approximate surface area is 153 Å². The average Bonchev–Trinajstić information content (AvgIpc) is 3.09. The van der Waals surface area contributed by atoms with E-state index >= 15 is 0 Å². The molecule has 1 fully saturated rings. The molecular formula is C19H25N5O2. The number of carbonyl (C=O) groups excluding carboxylic acids is 2. The van der Waals surface area contributed by atoms with Gasteiger partial charge in [-0.05, 0) is 56.1 Å². The smallest absolute Gasteiger partial charge is 0.238 e. The largest absolute Gasteiger partial charge is 0.326 e. The summed E-state index contributed by atoms with van der Waals surface area (Å²) in [6.45, 7) is 4.64. The predicted molar refractivity (Wildman–Crippen MR) is 101 cm³/mol. The number of rotatable bonds is 6. The Hall–Kier alpha value is -2.67. The molecule has 0 spiro atoms. The van der Waals surface area contributed by atoms with E-state index in [0.717, 1.165) is 32.5 Å². The summed E-state index contributed by atoms with van der Waals surface area (Å²) in [5, 5.41) is 9.88. The summed E-state index contributed by atoms with van der Waals surface area (Å²) in [5.41, 5.74) is 1.37. The molecule has 7 nitrogen and oxygen atoms in total. The number of benzene rings is 1. The highest BCUT2D eigenvalue weighted by atomic mass is 16.2. The van der Waals surface area contributed by atoms with Crippen molar-refractivity contribution in [3.8, 4) is 0 Å². The van der Waals surface area contributed by atoms with Crippen LogP contribution in [-0.4, -0.2) is 46.1 Å². The van der Waals surface area contributed by atoms with Gasteiger partial charge in [-0.25, -0.2) is 0 Å². The summed E-state index contributed by atoms with van der Waals surface area (Å²) in [5.74, 6) is 0.450. The molecule has 1 aliphatic rings. The zero-order valence-corrected chi connectivity index (χ0v) is 15.0. The number of anilines is 2. The highest BCUT2D eigenvalue weighted by Crippen LogP contribution is 2.19. The van der Waals surface area contributed by atoms with Crippen LogP contribution in [0.15, 0.2) is 42.7 Å². The van der Waals surface area contributed by atoms with E-state index in [1.165, 1.54) is 6.92 Å². The first-order chi connectivity index (χ1) is 12.6. The van der Waals surface area contributed by atoms with Gasteiger partial charge < -0.3 is 10.6 Å². The van der Waals surface area contributed by atoms with E-state index in [0.29, 0.717) is 23.8 Å². The predicted octanol–water partition coefficient (Wildman–Crippen LogP) is 2.19. The van der Waals surface area contributed by atoms with Gasteiger partial charge in [-0.2, -0.15) is 5.10 Å². The molecule has 2 amide bonds. The van der Waals surface area contributed by atoms with E-state index in [4.69, 9.17) is 0 Å². The van der Waals surface area contributed by atoms with Crippen molar-refractivity contribution in [1.29, 1.82) is 0 Å². The van der Waals surface area contributed by atoms with E-state index in [2.05, 4.69) is 20.6 Å². The molecule has 1 aliphatic heterocycles. The van der Waals surface area contributed by atoms with Crippen LogP contribution in [0.2, 0.25) is 0 Å². The van der Waals surface area contributed by atoms with Gasteiger partial charge in [0.15, 0.2) is 0 Å². The van der Waals surface area contributed by atoms with E-state index in [1.807, 2.05) is 29.1 Å². The summed E-state index contributed by atoms with van der Waals surface area (Å²) >= 11 is 0. The second-order valence-corrected chi connectivity index (χ2v) is 6.76. The minimum Gasteiger partial charge on any atom is -0.326 e. The van der Waals surface area contributed by atoms with Crippen molar-refractivity contribution in [3.63, 3.8) is 0 Å². The van der Waals surface area contributed by atoms with Crippen LogP contribution in [0.3, 0.4) is 0 Å². The molecule has 3 rings (SSSR count). The fraction of sp³-hybridized carbons (Fsp3) is 0.421. The van der Waals surface area contributed by atoms with E-state index < -0.39 is 0 Å². The van der Waals surface area contributed by atoms with E-state index in [9.17, 15) is 9.59 Å². The maximum absolute atomic E-state index is 12.3. The number of amides is 2. The van der Waals surface area contributed by atoms with E-state index in [-0.39, 0.29) is 11.8 Å². The van der Waals surface area contributed by atoms with Crippen LogP contribution in [0.4, 0.5) is 11.4 Å². The average molecular weight is 355 g/mol. The van der Waals surface area contributed by atoms with Crippen molar-refractivity contribution < 1.29 is 9.59 Å². The first kappa shape index (κ1) is 18.1. The Balaban J connectivity index is 1.43. The molecule has 26 heavy (non-hydrogen) atoms. The number of hydrogen-bond acceptors (Lipinski definition) is 4. The molecule has 0 saturated carbocycles. The number of hydrogen-bond donors (Lipinski definition) is 2. The lowest BCUT2D eigenvalue weighted by atomic mass is 9.97. The van der Waals surface area contributed by atoms with Crippen LogP contribution in [0, 0.1) is 5.92 Å². The zero-order valence-electron chi connectivity index (χ0n) is 15.0. The number of likely N-dealkylation sites (tertiary alicyclic amines) is 1. The van der Waals surface area contributed by atoms with Crippen LogP contribution in [0.5, 0.6) is 0 Å². The SMILES string of the molecule is CC(=O)Nc1cccc(NC(=O)CN2CCC(Cn3cccn3)CC2)c1. The summed E-state index contributed by atoms with van der Waals surface area (Å²) < 4.78 is 1.98. The summed E-state index contributed by atoms with van der Waals surface area (Å²) in [4.78, 5) is 25.6. The molecular weight excluding hydrogens is 330 g/mol. The van der Waals surface area contributed by atoms with Gasteiger partial charge in [0.05, 0.1) is 6.54 Å². The maximum atomic E-state index is 12.3. The minimum atomic E-state index is -0.133. The molecule has 0 radical (unpaired) electrons. The van der Waals surface area contributed by atoms with Gasteiger partial charge in [0.2, 0.25) is 11.8 Å². The van der Waals surface area contributed by atoms with Crippen LogP contribution in [0.25, 0.3) is 0 Å². The van der Waals surface area contributed by atoms with Crippen LogP contribution in [-0.2, 0) is 16.1 Å². The van der Waals surface area contributed by atoms with Crippen molar-refractivity contribution in [2.24, 2.45) is 5.92 Å². The molecule has 1 aromatic carbocycles. The number of piperidine rings is 1. The molecule has 1 aromatic heterocycles. The molecule has 2 N–H and O–H groups in total. The van der Waals surface area contributed by atoms with Gasteiger partial charge in [-0.3, -0.25) is 19.2 Å². The number of carbonyl (C=O) groups is 2. The molecule has 0 unspecified atom stereocenters. The first-order valence-electron chi connectivity index (χ1n) is 8.96. The van der Waals surface area contributed by atoms with Crippen molar-refractivity contribution in [3.05, 3.63) is 42.7 Å². The molecule has 1 saturated heterocycles. The van der Waals surface area contributed by atoms with Gasteiger partial charge in [-0.15, -0.1) is 0 Å². The Morgan fingerprint density at radius 1 is 1.15 bits per heavy atom. The standard InChI is InChI=1S/C19H25N5O2/c1-15(25)21-17-4-2-5-18(12-17)22-19(26)14-23-10-6-16(7-11-23)13-24-9-3-8-20-24/h2-5,8-9,12,16H,6-7,10-11,13-14H2,1H3,(H,21,25)(H,22,26). The van der Waals surface area contributed by atoms with Crippen LogP contribution in [0.1, 0.15) is 19.8 Å². The fourth-order valence-corrected chi connectivity index (χ4v) is 3.28.